The standard InChI is InChI=1S/C52H70F2N10O11/c1-31(2)45(61-41(67)15-11-8-12-25-63-42(68)20-21-43(63)69)50(73)58-32(3)48(71)60-38(51(74)75)18-19-40(66)56-23-24-57-49(72)37(55)22-26-64(44(70)30-65)46(52(4,5)6)47-59-39(35-27-34(53)16-17-36(35)54)29-62(47)28-33-13-9-7-10-14-33/h7,9-10,13-14,16-17,20-21,27,29,31-32,37-38,45-46,65H,8,11-12,15,18-19,22-26,28,30,55H2,1-6H3,(H,56,66)(H,57,72)(H,58,73)(H,60,71)(H,61,67)(H,74,75)/t32-,37-,38-,45-,46-/m0/s1. The first kappa shape index (κ1) is 60.2. The first-order valence-corrected chi connectivity index (χ1v) is 24.8. The zero-order valence-corrected chi connectivity index (χ0v) is 43.2. The molecular weight excluding hydrogens is 979 g/mol. The molecule has 2 heterocycles. The van der Waals surface area contributed by atoms with Crippen LogP contribution in [0.3, 0.4) is 0 Å². The Balaban J connectivity index is 1.25. The van der Waals surface area contributed by atoms with Gasteiger partial charge in [-0.05, 0) is 67.7 Å². The summed E-state index contributed by atoms with van der Waals surface area (Å²) in [4.78, 5) is 121. The van der Waals surface area contributed by atoms with E-state index in [0.29, 0.717) is 25.1 Å². The van der Waals surface area contributed by atoms with Gasteiger partial charge in [0.15, 0.2) is 0 Å². The summed E-state index contributed by atoms with van der Waals surface area (Å²) in [5.74, 6) is -7.54. The fourth-order valence-electron chi connectivity index (χ4n) is 8.24. The number of nitrogens with two attached hydrogens (primary N) is 1. The van der Waals surface area contributed by atoms with E-state index < -0.39 is 95.3 Å². The lowest BCUT2D eigenvalue weighted by molar-refractivity contribution is -0.142. The summed E-state index contributed by atoms with van der Waals surface area (Å²) in [6.07, 6.45) is 4.75. The van der Waals surface area contributed by atoms with Crippen molar-refractivity contribution in [2.45, 2.75) is 123 Å². The average Bonchev–Trinajstić information content (AvgIpc) is 3.91. The Labute approximate surface area is 434 Å². The number of hydrogen-bond acceptors (Lipinski definition) is 12. The van der Waals surface area contributed by atoms with Crippen molar-refractivity contribution >= 4 is 53.2 Å². The van der Waals surface area contributed by atoms with Crippen LogP contribution in [0.4, 0.5) is 8.78 Å². The van der Waals surface area contributed by atoms with Gasteiger partial charge in [0.05, 0.1) is 17.8 Å². The molecule has 4 rings (SSSR count). The summed E-state index contributed by atoms with van der Waals surface area (Å²) >= 11 is 0. The Bertz CT molecular complexity index is 2530. The number of nitrogens with one attached hydrogen (secondary N) is 5. The van der Waals surface area contributed by atoms with Gasteiger partial charge in [-0.15, -0.1) is 0 Å². The number of carbonyl (C=O) groups excluding carboxylic acids is 8. The van der Waals surface area contributed by atoms with Crippen molar-refractivity contribution in [2.75, 3.05) is 32.8 Å². The number of aliphatic hydroxyl groups excluding tert-OH is 1. The largest absolute Gasteiger partial charge is 0.480 e. The zero-order valence-electron chi connectivity index (χ0n) is 43.2. The molecule has 408 valence electrons. The fourth-order valence-corrected chi connectivity index (χ4v) is 8.24. The topological polar surface area (TPSA) is 305 Å². The van der Waals surface area contributed by atoms with Crippen molar-refractivity contribution in [1.29, 1.82) is 0 Å². The van der Waals surface area contributed by atoms with Gasteiger partial charge in [-0.2, -0.15) is 0 Å². The number of aliphatic hydroxyl groups is 1. The molecule has 9 N–H and O–H groups in total. The molecule has 0 aliphatic carbocycles. The van der Waals surface area contributed by atoms with E-state index in [1.807, 2.05) is 51.1 Å². The second-order valence-electron chi connectivity index (χ2n) is 19.7. The second-order valence-corrected chi connectivity index (χ2v) is 19.7. The van der Waals surface area contributed by atoms with Crippen LogP contribution in [-0.2, 0) is 49.7 Å². The predicted octanol–water partition coefficient (Wildman–Crippen LogP) is 2.22. The SMILES string of the molecule is CC(C)[C@H](NC(=O)CCCCCN1C(=O)C=CC1=O)C(=O)N[C@@H](C)C(=O)N[C@@H](CCC(=O)NCCNC(=O)[C@@H](N)CCN(C(=O)CO)[C@@H](c1nc(-c2cc(F)ccc2F)cn1Cc1ccccc1)C(C)(C)C)C(=O)O. The van der Waals surface area contributed by atoms with E-state index in [1.54, 1.807) is 24.6 Å². The van der Waals surface area contributed by atoms with Gasteiger partial charge in [0.2, 0.25) is 35.4 Å². The number of rotatable bonds is 29. The smallest absolute Gasteiger partial charge is 0.326 e. The van der Waals surface area contributed by atoms with Crippen molar-refractivity contribution < 1.29 is 62.1 Å². The quantitative estimate of drug-likeness (QED) is 0.0366. The number of carboxylic acid groups (broad SMARTS) is 1. The van der Waals surface area contributed by atoms with E-state index >= 15 is 4.39 Å². The zero-order chi connectivity index (χ0) is 55.6. The number of aliphatic carboxylic acids is 1. The van der Waals surface area contributed by atoms with Gasteiger partial charge in [0.25, 0.3) is 11.8 Å². The molecule has 8 amide bonds. The highest BCUT2D eigenvalue weighted by molar-refractivity contribution is 6.12. The summed E-state index contributed by atoms with van der Waals surface area (Å²) in [6.45, 7) is 9.52. The molecule has 23 heteroatoms. The number of carbonyl (C=O) groups is 9. The molecule has 5 atom stereocenters. The highest BCUT2D eigenvalue weighted by Crippen LogP contribution is 2.39. The minimum atomic E-state index is -1.52. The molecule has 1 aromatic heterocycles. The molecule has 3 aromatic rings. The normalized spacial score (nSPS) is 14.4. The Morgan fingerprint density at radius 1 is 0.800 bits per heavy atom. The summed E-state index contributed by atoms with van der Waals surface area (Å²) in [6, 6.07) is 6.47. The maximum absolute atomic E-state index is 15.1. The molecular formula is C52H70F2N10O11. The second kappa shape index (κ2) is 28.3. The third kappa shape index (κ3) is 18.2. The maximum Gasteiger partial charge on any atom is 0.326 e. The van der Waals surface area contributed by atoms with E-state index in [4.69, 9.17) is 10.7 Å². The number of unbranched alkanes of at least 4 members (excludes halogenated alkanes) is 2. The van der Waals surface area contributed by atoms with Gasteiger partial charge in [0.1, 0.15) is 42.2 Å². The summed E-state index contributed by atoms with van der Waals surface area (Å²) in [5.41, 5.74) is 6.38. The van der Waals surface area contributed by atoms with Crippen LogP contribution >= 0.6 is 0 Å². The first-order valence-electron chi connectivity index (χ1n) is 24.8. The minimum absolute atomic E-state index is 0.0696. The average molecular weight is 1050 g/mol. The highest BCUT2D eigenvalue weighted by atomic mass is 19.1. The van der Waals surface area contributed by atoms with E-state index in [0.717, 1.165) is 28.7 Å². The molecule has 1 aliphatic heterocycles. The monoisotopic (exact) mass is 1050 g/mol. The van der Waals surface area contributed by atoms with E-state index in [1.165, 1.54) is 24.0 Å². The van der Waals surface area contributed by atoms with Gasteiger partial charge in [-0.1, -0.05) is 71.4 Å². The Morgan fingerprint density at radius 2 is 1.47 bits per heavy atom. The first-order chi connectivity index (χ1) is 35.4. The number of nitrogens with zero attached hydrogens (tertiary/aromatic N) is 4. The van der Waals surface area contributed by atoms with Crippen LogP contribution in [0.1, 0.15) is 104 Å². The Hall–Kier alpha value is -7.40. The van der Waals surface area contributed by atoms with Gasteiger partial charge >= 0.3 is 5.97 Å². The highest BCUT2D eigenvalue weighted by Gasteiger charge is 2.39. The molecule has 2 aromatic carbocycles. The maximum atomic E-state index is 15.1. The van der Waals surface area contributed by atoms with E-state index in [-0.39, 0.29) is 87.4 Å². The molecule has 21 nitrogen and oxygen atoms in total. The number of imide groups is 1. The van der Waals surface area contributed by atoms with Gasteiger partial charge in [0, 0.05) is 69.5 Å². The Kier molecular flexibility index (Phi) is 22.7. The number of carboxylic acids is 1. The van der Waals surface area contributed by atoms with Gasteiger partial charge in [-0.3, -0.25) is 43.3 Å². The lowest BCUT2D eigenvalue weighted by atomic mass is 9.84. The summed E-state index contributed by atoms with van der Waals surface area (Å²) in [5, 5.41) is 32.6. The van der Waals surface area contributed by atoms with Gasteiger partial charge < -0.3 is 52.0 Å². The van der Waals surface area contributed by atoms with Crippen LogP contribution in [0.15, 0.2) is 66.9 Å². The molecule has 0 bridgehead atoms. The van der Waals surface area contributed by atoms with Crippen molar-refractivity contribution in [1.82, 2.24) is 45.9 Å². The summed E-state index contributed by atoms with van der Waals surface area (Å²) < 4.78 is 31.2. The third-order valence-corrected chi connectivity index (χ3v) is 12.3. The molecule has 0 fully saturated rings. The number of halogens is 2. The Morgan fingerprint density at radius 3 is 2.09 bits per heavy atom. The molecule has 0 saturated carbocycles. The van der Waals surface area contributed by atoms with Crippen LogP contribution in [0, 0.1) is 23.0 Å². The van der Waals surface area contributed by atoms with Crippen molar-refractivity contribution in [3.8, 4) is 11.3 Å². The molecule has 0 saturated heterocycles. The molecule has 0 radical (unpaired) electrons. The molecule has 0 spiro atoms. The molecule has 75 heavy (non-hydrogen) atoms. The van der Waals surface area contributed by atoms with Crippen LogP contribution in [-0.4, -0.2) is 140 Å². The van der Waals surface area contributed by atoms with Crippen LogP contribution in [0.2, 0.25) is 0 Å². The van der Waals surface area contributed by atoms with Crippen LogP contribution in [0.25, 0.3) is 11.3 Å². The van der Waals surface area contributed by atoms with Crippen LogP contribution < -0.4 is 32.3 Å². The molecule has 0 unspecified atom stereocenters. The fraction of sp³-hybridized carbons (Fsp3) is 0.500. The van der Waals surface area contributed by atoms with E-state index in [9.17, 15) is 57.8 Å². The number of hydrogen-bond donors (Lipinski definition) is 8. The van der Waals surface area contributed by atoms with Crippen molar-refractivity contribution in [2.24, 2.45) is 17.1 Å². The summed E-state index contributed by atoms with van der Waals surface area (Å²) in [7, 11) is 0. The minimum Gasteiger partial charge on any atom is -0.480 e. The third-order valence-electron chi connectivity index (χ3n) is 12.3. The van der Waals surface area contributed by atoms with Crippen molar-refractivity contribution in [3.05, 3.63) is 89.9 Å². The number of imidazole rings is 1. The number of benzene rings is 2. The lowest BCUT2D eigenvalue weighted by Gasteiger charge is -2.40. The van der Waals surface area contributed by atoms with Crippen molar-refractivity contribution in [3.63, 3.8) is 0 Å². The molecule has 1 aliphatic rings. The number of amides is 8. The van der Waals surface area contributed by atoms with Crippen LogP contribution in [0.5, 0.6) is 0 Å². The number of aromatic nitrogens is 2. The van der Waals surface area contributed by atoms with Gasteiger partial charge in [-0.25, -0.2) is 18.6 Å². The van der Waals surface area contributed by atoms with E-state index in [2.05, 4.69) is 26.6 Å². The predicted molar refractivity (Wildman–Crippen MR) is 270 cm³/mol. The lowest BCUT2D eigenvalue weighted by Crippen LogP contribution is -2.56.